The van der Waals surface area contributed by atoms with Crippen molar-refractivity contribution in [2.75, 3.05) is 20.8 Å². The van der Waals surface area contributed by atoms with E-state index in [4.69, 9.17) is 18.9 Å². The first-order valence-corrected chi connectivity index (χ1v) is 12.4. The summed E-state index contributed by atoms with van der Waals surface area (Å²) in [6, 6.07) is 29.4. The molecule has 0 radical (unpaired) electrons. The lowest BCUT2D eigenvalue weighted by Gasteiger charge is -2.12. The van der Waals surface area contributed by atoms with Crippen molar-refractivity contribution in [3.8, 4) is 23.0 Å². The van der Waals surface area contributed by atoms with Gasteiger partial charge in [-0.05, 0) is 57.9 Å². The maximum absolute atomic E-state index is 13.0. The quantitative estimate of drug-likeness (QED) is 0.112. The van der Waals surface area contributed by atoms with Gasteiger partial charge in [0, 0.05) is 5.56 Å². The predicted molar refractivity (Wildman–Crippen MR) is 154 cm³/mol. The summed E-state index contributed by atoms with van der Waals surface area (Å²) >= 11 is 0. The highest BCUT2D eigenvalue weighted by Crippen LogP contribution is 2.30. The largest absolute Gasteiger partial charge is 0.493 e. The lowest BCUT2D eigenvalue weighted by atomic mass is 10.0. The molecular weight excluding hydrogens is 508 g/mol. The smallest absolute Gasteiger partial charge is 0.343 e. The van der Waals surface area contributed by atoms with Gasteiger partial charge in [0.15, 0.2) is 18.1 Å². The van der Waals surface area contributed by atoms with Crippen molar-refractivity contribution < 1.29 is 28.5 Å². The molecule has 8 heteroatoms. The van der Waals surface area contributed by atoms with Crippen LogP contribution >= 0.6 is 0 Å². The molecule has 0 spiro atoms. The normalized spacial score (nSPS) is 10.9. The molecule has 5 aromatic rings. The number of rotatable bonds is 9. The Hall–Kier alpha value is -5.37. The summed E-state index contributed by atoms with van der Waals surface area (Å²) in [5.74, 6) is 0.746. The van der Waals surface area contributed by atoms with Gasteiger partial charge in [-0.3, -0.25) is 4.79 Å². The van der Waals surface area contributed by atoms with Gasteiger partial charge in [0.25, 0.3) is 5.91 Å². The molecule has 1 amide bonds. The van der Waals surface area contributed by atoms with E-state index in [1.807, 2.05) is 72.8 Å². The second kappa shape index (κ2) is 12.0. The van der Waals surface area contributed by atoms with Crippen LogP contribution in [0.3, 0.4) is 0 Å². The molecule has 5 rings (SSSR count). The average Bonchev–Trinajstić information content (AvgIpc) is 3.00. The van der Waals surface area contributed by atoms with Gasteiger partial charge in [-0.15, -0.1) is 0 Å². The average molecular weight is 535 g/mol. The van der Waals surface area contributed by atoms with Crippen molar-refractivity contribution in [2.45, 2.75) is 0 Å². The summed E-state index contributed by atoms with van der Waals surface area (Å²) in [7, 11) is 3.01. The van der Waals surface area contributed by atoms with Gasteiger partial charge in [-0.1, -0.05) is 60.7 Å². The van der Waals surface area contributed by atoms with Crippen molar-refractivity contribution in [2.24, 2.45) is 5.10 Å². The van der Waals surface area contributed by atoms with Crippen LogP contribution in [0.2, 0.25) is 0 Å². The monoisotopic (exact) mass is 534 g/mol. The Labute approximate surface area is 230 Å². The van der Waals surface area contributed by atoms with Gasteiger partial charge < -0.3 is 18.9 Å². The number of fused-ring (bicyclic) bond motifs is 2. The Balaban J connectivity index is 1.31. The van der Waals surface area contributed by atoms with Gasteiger partial charge in [-0.2, -0.15) is 5.10 Å². The number of esters is 1. The molecule has 1 N–H and O–H groups in total. The third kappa shape index (κ3) is 5.86. The standard InChI is InChI=1S/C32H26N2O6/c1-37-29-16-13-24(18-30(29)38-2)32(36)40-28-15-12-22-8-5-6-10-26(22)27(28)19-33-34-31(35)20-39-25-14-11-21-7-3-4-9-23(21)17-25/h3-19H,20H2,1-2H3,(H,34,35)/b33-19+. The van der Waals surface area contributed by atoms with Gasteiger partial charge in [0.05, 0.1) is 26.0 Å². The number of amides is 1. The summed E-state index contributed by atoms with van der Waals surface area (Å²) in [5, 5.41) is 7.93. The van der Waals surface area contributed by atoms with E-state index in [1.165, 1.54) is 20.4 Å². The third-order valence-corrected chi connectivity index (χ3v) is 6.23. The Morgan fingerprint density at radius 3 is 2.25 bits per heavy atom. The van der Waals surface area contributed by atoms with Gasteiger partial charge in [-0.25, -0.2) is 10.2 Å². The number of hydrazone groups is 1. The van der Waals surface area contributed by atoms with Crippen LogP contribution in [-0.4, -0.2) is 38.9 Å². The minimum atomic E-state index is -0.585. The number of hydrogen-bond acceptors (Lipinski definition) is 7. The Morgan fingerprint density at radius 1 is 0.750 bits per heavy atom. The highest BCUT2D eigenvalue weighted by molar-refractivity contribution is 6.04. The third-order valence-electron chi connectivity index (χ3n) is 6.23. The predicted octanol–water partition coefficient (Wildman–Crippen LogP) is 5.76. The number of carbonyl (C=O) groups excluding carboxylic acids is 2. The Morgan fingerprint density at radius 2 is 1.45 bits per heavy atom. The second-order valence-electron chi connectivity index (χ2n) is 8.75. The molecule has 5 aromatic carbocycles. The van der Waals surface area contributed by atoms with Crippen LogP contribution in [0.5, 0.6) is 23.0 Å². The first-order valence-electron chi connectivity index (χ1n) is 12.4. The first-order chi connectivity index (χ1) is 19.6. The number of carbonyl (C=O) groups is 2. The van der Waals surface area contributed by atoms with Crippen LogP contribution in [0.1, 0.15) is 15.9 Å². The van der Waals surface area contributed by atoms with Crippen molar-refractivity contribution in [3.05, 3.63) is 108 Å². The second-order valence-corrected chi connectivity index (χ2v) is 8.75. The Kier molecular flexibility index (Phi) is 7.87. The molecule has 0 aliphatic carbocycles. The van der Waals surface area contributed by atoms with Crippen LogP contribution in [0.4, 0.5) is 0 Å². The molecule has 0 saturated carbocycles. The van der Waals surface area contributed by atoms with Crippen LogP contribution in [0, 0.1) is 0 Å². The molecule has 0 unspecified atom stereocenters. The molecule has 0 aliphatic heterocycles. The van der Waals surface area contributed by atoms with E-state index < -0.39 is 11.9 Å². The molecule has 0 aromatic heterocycles. The summed E-state index contributed by atoms with van der Waals surface area (Å²) in [6.45, 7) is -0.216. The highest BCUT2D eigenvalue weighted by atomic mass is 16.5. The fourth-order valence-electron chi connectivity index (χ4n) is 4.23. The van der Waals surface area contributed by atoms with Gasteiger partial charge in [0.1, 0.15) is 11.5 Å². The fraction of sp³-hybridized carbons (Fsp3) is 0.0938. The SMILES string of the molecule is COc1ccc(C(=O)Oc2ccc3ccccc3c2/C=N/NC(=O)COc2ccc3ccccc3c2)cc1OC. The van der Waals surface area contributed by atoms with Crippen molar-refractivity contribution >= 4 is 39.6 Å². The van der Waals surface area contributed by atoms with E-state index in [-0.39, 0.29) is 17.9 Å². The van der Waals surface area contributed by atoms with E-state index in [0.29, 0.717) is 22.8 Å². The molecule has 0 atom stereocenters. The lowest BCUT2D eigenvalue weighted by Crippen LogP contribution is -2.24. The van der Waals surface area contributed by atoms with Crippen LogP contribution in [-0.2, 0) is 4.79 Å². The highest BCUT2D eigenvalue weighted by Gasteiger charge is 2.16. The van der Waals surface area contributed by atoms with E-state index in [2.05, 4.69) is 10.5 Å². The molecule has 0 heterocycles. The topological polar surface area (TPSA) is 95.5 Å². The Bertz CT molecular complexity index is 1730. The molecule has 8 nitrogen and oxygen atoms in total. The van der Waals surface area contributed by atoms with Crippen LogP contribution < -0.4 is 24.4 Å². The molecule has 0 aliphatic rings. The van der Waals surface area contributed by atoms with E-state index in [0.717, 1.165) is 21.5 Å². The zero-order chi connectivity index (χ0) is 27.9. The molecule has 0 bridgehead atoms. The van der Waals surface area contributed by atoms with E-state index in [1.54, 1.807) is 24.3 Å². The van der Waals surface area contributed by atoms with E-state index >= 15 is 0 Å². The summed E-state index contributed by atoms with van der Waals surface area (Å²) in [6.07, 6.45) is 1.45. The first kappa shape index (κ1) is 26.2. The van der Waals surface area contributed by atoms with Crippen molar-refractivity contribution in [1.82, 2.24) is 5.43 Å². The summed E-state index contributed by atoms with van der Waals surface area (Å²) < 4.78 is 21.9. The minimum absolute atomic E-state index is 0.216. The number of hydrogen-bond donors (Lipinski definition) is 1. The molecule has 0 fully saturated rings. The van der Waals surface area contributed by atoms with Crippen molar-refractivity contribution in [3.63, 3.8) is 0 Å². The van der Waals surface area contributed by atoms with Crippen LogP contribution in [0.15, 0.2) is 102 Å². The lowest BCUT2D eigenvalue weighted by molar-refractivity contribution is -0.123. The maximum Gasteiger partial charge on any atom is 0.343 e. The number of benzene rings is 5. The maximum atomic E-state index is 13.0. The number of nitrogens with zero attached hydrogens (tertiary/aromatic N) is 1. The molecule has 40 heavy (non-hydrogen) atoms. The number of methoxy groups -OCH3 is 2. The molecule has 200 valence electrons. The zero-order valence-electron chi connectivity index (χ0n) is 21.9. The summed E-state index contributed by atoms with van der Waals surface area (Å²) in [4.78, 5) is 25.4. The molecular formula is C32H26N2O6. The number of nitrogens with one attached hydrogen (secondary N) is 1. The fourth-order valence-corrected chi connectivity index (χ4v) is 4.23. The summed E-state index contributed by atoms with van der Waals surface area (Å²) in [5.41, 5.74) is 3.29. The van der Waals surface area contributed by atoms with E-state index in [9.17, 15) is 9.59 Å². The molecule has 0 saturated heterocycles. The number of ether oxygens (including phenoxy) is 4. The van der Waals surface area contributed by atoms with Gasteiger partial charge in [0.2, 0.25) is 0 Å². The van der Waals surface area contributed by atoms with Gasteiger partial charge >= 0.3 is 5.97 Å². The minimum Gasteiger partial charge on any atom is -0.493 e. The van der Waals surface area contributed by atoms with Crippen LogP contribution in [0.25, 0.3) is 21.5 Å². The zero-order valence-corrected chi connectivity index (χ0v) is 21.9. The van der Waals surface area contributed by atoms with Crippen molar-refractivity contribution in [1.29, 1.82) is 0 Å².